The van der Waals surface area contributed by atoms with Crippen molar-refractivity contribution in [3.63, 3.8) is 0 Å². The fourth-order valence-corrected chi connectivity index (χ4v) is 3.28. The summed E-state index contributed by atoms with van der Waals surface area (Å²) in [5, 5.41) is 4.03. The minimum atomic E-state index is -0.737. The van der Waals surface area contributed by atoms with Gasteiger partial charge in [0, 0.05) is 22.9 Å². The molecule has 7 heteroatoms. The second-order valence-corrected chi connectivity index (χ2v) is 7.27. The van der Waals surface area contributed by atoms with E-state index in [-0.39, 0.29) is 18.9 Å². The van der Waals surface area contributed by atoms with Gasteiger partial charge < -0.3 is 24.3 Å². The van der Waals surface area contributed by atoms with Crippen LogP contribution in [0.1, 0.15) is 0 Å². The molecule has 0 radical (unpaired) electrons. The number of esters is 1. The second-order valence-electron chi connectivity index (χ2n) is 7.27. The summed E-state index contributed by atoms with van der Waals surface area (Å²) in [4.78, 5) is 23.7. The predicted molar refractivity (Wildman–Crippen MR) is 132 cm³/mol. The molecule has 0 unspecified atom stereocenters. The van der Waals surface area contributed by atoms with Crippen LogP contribution < -0.4 is 19.5 Å². The first-order chi connectivity index (χ1) is 17.1. The van der Waals surface area contributed by atoms with Crippen LogP contribution >= 0.6 is 0 Å². The Morgan fingerprint density at radius 3 is 2.03 bits per heavy atom. The van der Waals surface area contributed by atoms with Gasteiger partial charge in [-0.2, -0.15) is 0 Å². The number of carbonyl (C=O) groups is 2. The molecule has 0 spiro atoms. The third kappa shape index (κ3) is 6.17. The van der Waals surface area contributed by atoms with Crippen LogP contribution in [-0.4, -0.2) is 25.2 Å². The van der Waals surface area contributed by atoms with Crippen molar-refractivity contribution in [1.29, 1.82) is 0 Å². The zero-order valence-electron chi connectivity index (χ0n) is 18.8. The van der Waals surface area contributed by atoms with Gasteiger partial charge >= 0.3 is 12.1 Å². The molecular weight excluding hydrogens is 446 g/mol. The van der Waals surface area contributed by atoms with E-state index in [1.165, 1.54) is 0 Å². The molecule has 4 rings (SSSR count). The first-order valence-corrected chi connectivity index (χ1v) is 10.9. The lowest BCUT2D eigenvalue weighted by Crippen LogP contribution is -2.30. The van der Waals surface area contributed by atoms with E-state index in [1.807, 2.05) is 72.8 Å². The molecule has 0 atom stereocenters. The number of amides is 1. The van der Waals surface area contributed by atoms with Crippen LogP contribution in [0.2, 0.25) is 0 Å². The van der Waals surface area contributed by atoms with Gasteiger partial charge in [0.25, 0.3) is 0 Å². The smallest absolute Gasteiger partial charge is 0.412 e. The standard InChI is InChI=1S/C28H23NO6/c1-2-26(30)32-18-17-29-28(31)35-25-19-24(33-20-11-5-3-6-12-20)22-15-9-10-16-23(22)27(25)34-21-13-7-4-8-14-21/h2-16,19H,1,17-18H2,(H,29,31). The highest BCUT2D eigenvalue weighted by molar-refractivity contribution is 5.96. The molecule has 0 aliphatic carbocycles. The van der Waals surface area contributed by atoms with E-state index in [4.69, 9.17) is 18.9 Å². The highest BCUT2D eigenvalue weighted by Gasteiger charge is 2.19. The van der Waals surface area contributed by atoms with Crippen molar-refractivity contribution in [1.82, 2.24) is 5.32 Å². The molecule has 1 amide bonds. The molecular formula is C28H23NO6. The van der Waals surface area contributed by atoms with Crippen LogP contribution in [-0.2, 0) is 9.53 Å². The topological polar surface area (TPSA) is 83.1 Å². The minimum Gasteiger partial charge on any atom is -0.461 e. The molecule has 0 aromatic heterocycles. The van der Waals surface area contributed by atoms with Gasteiger partial charge in [0.05, 0.1) is 6.54 Å². The third-order valence-corrected chi connectivity index (χ3v) is 4.84. The zero-order chi connectivity index (χ0) is 24.5. The lowest BCUT2D eigenvalue weighted by molar-refractivity contribution is -0.137. The molecule has 4 aromatic rings. The number of nitrogens with one attached hydrogen (secondary N) is 1. The number of fused-ring (bicyclic) bond motifs is 1. The van der Waals surface area contributed by atoms with E-state index in [0.717, 1.165) is 11.5 Å². The Morgan fingerprint density at radius 2 is 1.37 bits per heavy atom. The van der Waals surface area contributed by atoms with E-state index in [2.05, 4.69) is 11.9 Å². The highest BCUT2D eigenvalue weighted by Crippen LogP contribution is 2.44. The maximum Gasteiger partial charge on any atom is 0.412 e. The van der Waals surface area contributed by atoms with Gasteiger partial charge in [-0.25, -0.2) is 9.59 Å². The number of benzene rings is 4. The van der Waals surface area contributed by atoms with Crippen molar-refractivity contribution >= 4 is 22.8 Å². The number of para-hydroxylation sites is 2. The summed E-state index contributed by atoms with van der Waals surface area (Å²) in [5.74, 6) is 1.66. The molecule has 0 saturated heterocycles. The Hall–Kier alpha value is -4.78. The maximum absolute atomic E-state index is 12.5. The van der Waals surface area contributed by atoms with Gasteiger partial charge in [0.15, 0.2) is 11.5 Å². The lowest BCUT2D eigenvalue weighted by atomic mass is 10.1. The predicted octanol–water partition coefficient (Wildman–Crippen LogP) is 6.24. The molecule has 0 bridgehead atoms. The first kappa shape index (κ1) is 23.4. The lowest BCUT2D eigenvalue weighted by Gasteiger charge is -2.17. The summed E-state index contributed by atoms with van der Waals surface area (Å²) in [6.45, 7) is 3.37. The SMILES string of the molecule is C=CC(=O)OCCNC(=O)Oc1cc(Oc2ccccc2)c2ccccc2c1Oc1ccccc1. The molecule has 0 fully saturated rings. The van der Waals surface area contributed by atoms with E-state index >= 15 is 0 Å². The largest absolute Gasteiger partial charge is 0.461 e. The van der Waals surface area contributed by atoms with Crippen LogP contribution in [0.5, 0.6) is 28.7 Å². The van der Waals surface area contributed by atoms with Crippen LogP contribution in [0.4, 0.5) is 4.79 Å². The van der Waals surface area contributed by atoms with Crippen LogP contribution in [0, 0.1) is 0 Å². The first-order valence-electron chi connectivity index (χ1n) is 10.9. The fourth-order valence-electron chi connectivity index (χ4n) is 3.28. The number of ether oxygens (including phenoxy) is 4. The summed E-state index contributed by atoms with van der Waals surface area (Å²) in [5.41, 5.74) is 0. The van der Waals surface area contributed by atoms with E-state index in [0.29, 0.717) is 28.4 Å². The minimum absolute atomic E-state index is 0.0204. The quantitative estimate of drug-likeness (QED) is 0.177. The maximum atomic E-state index is 12.5. The van der Waals surface area contributed by atoms with Gasteiger partial charge in [-0.15, -0.1) is 0 Å². The van der Waals surface area contributed by atoms with E-state index in [1.54, 1.807) is 18.2 Å². The Kier molecular flexibility index (Phi) is 7.60. The van der Waals surface area contributed by atoms with E-state index in [9.17, 15) is 9.59 Å². The fraction of sp³-hybridized carbons (Fsp3) is 0.0714. The molecule has 0 heterocycles. The van der Waals surface area contributed by atoms with Gasteiger partial charge in [-0.3, -0.25) is 0 Å². The summed E-state index contributed by atoms with van der Waals surface area (Å²) >= 11 is 0. The summed E-state index contributed by atoms with van der Waals surface area (Å²) in [6, 6.07) is 27.6. The summed E-state index contributed by atoms with van der Waals surface area (Å²) in [7, 11) is 0. The van der Waals surface area contributed by atoms with Gasteiger partial charge in [0.2, 0.25) is 0 Å². The summed E-state index contributed by atoms with van der Waals surface area (Å²) in [6.07, 6.45) is 0.313. The molecule has 35 heavy (non-hydrogen) atoms. The van der Waals surface area contributed by atoms with Crippen molar-refractivity contribution in [2.24, 2.45) is 0 Å². The molecule has 0 aliphatic rings. The normalized spacial score (nSPS) is 10.3. The third-order valence-electron chi connectivity index (χ3n) is 4.84. The highest BCUT2D eigenvalue weighted by atomic mass is 16.6. The second kappa shape index (κ2) is 11.4. The van der Waals surface area contributed by atoms with Crippen LogP contribution in [0.15, 0.2) is 104 Å². The van der Waals surface area contributed by atoms with E-state index < -0.39 is 12.1 Å². The average molecular weight is 469 g/mol. The van der Waals surface area contributed by atoms with Crippen molar-refractivity contribution in [3.8, 4) is 28.7 Å². The van der Waals surface area contributed by atoms with Gasteiger partial charge in [0.1, 0.15) is 23.9 Å². The number of carbonyl (C=O) groups excluding carboxylic acids is 2. The molecule has 1 N–H and O–H groups in total. The molecule has 4 aromatic carbocycles. The van der Waals surface area contributed by atoms with Crippen molar-refractivity contribution in [2.75, 3.05) is 13.2 Å². The number of hydrogen-bond acceptors (Lipinski definition) is 6. The molecule has 0 aliphatic heterocycles. The average Bonchev–Trinajstić information content (AvgIpc) is 2.89. The van der Waals surface area contributed by atoms with Crippen LogP contribution in [0.25, 0.3) is 10.8 Å². The molecule has 176 valence electrons. The summed E-state index contributed by atoms with van der Waals surface area (Å²) < 4.78 is 22.8. The van der Waals surface area contributed by atoms with Gasteiger partial charge in [-0.05, 0) is 24.3 Å². The molecule has 0 saturated carbocycles. The number of hydrogen-bond donors (Lipinski definition) is 1. The van der Waals surface area contributed by atoms with Crippen molar-refractivity contribution in [2.45, 2.75) is 0 Å². The molecule has 7 nitrogen and oxygen atoms in total. The van der Waals surface area contributed by atoms with Crippen molar-refractivity contribution < 1.29 is 28.5 Å². The monoisotopic (exact) mass is 469 g/mol. The zero-order valence-corrected chi connectivity index (χ0v) is 18.8. The van der Waals surface area contributed by atoms with Crippen LogP contribution in [0.3, 0.4) is 0 Å². The Labute approximate surface area is 202 Å². The number of rotatable bonds is 9. The Balaban J connectivity index is 1.67. The Bertz CT molecular complexity index is 1320. The van der Waals surface area contributed by atoms with Crippen molar-refractivity contribution in [3.05, 3.63) is 104 Å². The van der Waals surface area contributed by atoms with Gasteiger partial charge in [-0.1, -0.05) is 67.2 Å². The Morgan fingerprint density at radius 1 is 0.771 bits per heavy atom.